The maximum Gasteiger partial charge on any atom is 0.248 e. The lowest BCUT2D eigenvalue weighted by molar-refractivity contribution is -0.132. The van der Waals surface area contributed by atoms with E-state index in [-0.39, 0.29) is 35.7 Å². The number of hydrogen-bond acceptors (Lipinski definition) is 7. The number of aromatic nitrogens is 2. The molecule has 2 saturated heterocycles. The lowest BCUT2D eigenvalue weighted by atomic mass is 9.98. The van der Waals surface area contributed by atoms with Gasteiger partial charge >= 0.3 is 0 Å². The van der Waals surface area contributed by atoms with Crippen molar-refractivity contribution in [2.45, 2.75) is 75.8 Å². The van der Waals surface area contributed by atoms with E-state index < -0.39 is 5.92 Å². The summed E-state index contributed by atoms with van der Waals surface area (Å²) in [7, 11) is 0. The van der Waals surface area contributed by atoms with Gasteiger partial charge in [0.1, 0.15) is 10.0 Å². The largest absolute Gasteiger partial charge is 0.333 e. The van der Waals surface area contributed by atoms with Gasteiger partial charge in [0, 0.05) is 37.6 Å². The van der Waals surface area contributed by atoms with Crippen LogP contribution in [0.1, 0.15) is 90.5 Å². The minimum atomic E-state index is -0.618. The third-order valence-corrected chi connectivity index (χ3v) is 14.4. The van der Waals surface area contributed by atoms with Gasteiger partial charge in [-0.15, -0.1) is 22.7 Å². The van der Waals surface area contributed by atoms with Gasteiger partial charge in [-0.1, -0.05) is 122 Å². The van der Waals surface area contributed by atoms with E-state index in [0.717, 1.165) is 111 Å². The van der Waals surface area contributed by atoms with Gasteiger partial charge in [-0.3, -0.25) is 14.4 Å². The van der Waals surface area contributed by atoms with Crippen LogP contribution in [0.25, 0.3) is 32.0 Å². The Morgan fingerprint density at radius 1 is 0.627 bits per heavy atom. The summed E-state index contributed by atoms with van der Waals surface area (Å²) in [6.45, 7) is 1.43. The van der Waals surface area contributed by atoms with Crippen LogP contribution in [0.2, 0.25) is 0 Å². The molecule has 8 nitrogen and oxygen atoms in total. The Hall–Kier alpha value is -5.58. The van der Waals surface area contributed by atoms with Crippen LogP contribution in [-0.2, 0) is 20.8 Å². The molecule has 2 aliphatic heterocycles. The predicted octanol–water partition coefficient (Wildman–Crippen LogP) is 10.7. The number of carbonyl (C=O) groups is 3. The van der Waals surface area contributed by atoms with Gasteiger partial charge in [0.15, 0.2) is 0 Å². The SMILES string of the molecule is O=C(N=CC(C(=O)N1CCC[C@H]1c1ncc(-c2ccc(-c3ccc(-c4cnc([C@@H]5CCCN5C(=O)Cc5ccccc5)s4)cc3)cc2)s1)c1ccccc1)C1CCCC1. The van der Waals surface area contributed by atoms with Crippen molar-refractivity contribution in [1.29, 1.82) is 0 Å². The summed E-state index contributed by atoms with van der Waals surface area (Å²) in [4.78, 5) is 60.5. The Balaban J connectivity index is 0.852. The number of rotatable bonds is 11. The van der Waals surface area contributed by atoms with Crippen LogP contribution < -0.4 is 0 Å². The van der Waals surface area contributed by atoms with Crippen LogP contribution in [0.15, 0.2) is 127 Å². The van der Waals surface area contributed by atoms with Crippen molar-refractivity contribution in [1.82, 2.24) is 19.8 Å². The Morgan fingerprint density at radius 2 is 1.14 bits per heavy atom. The first kappa shape index (κ1) is 38.9. The van der Waals surface area contributed by atoms with Crippen LogP contribution in [0.3, 0.4) is 0 Å². The zero-order valence-corrected chi connectivity index (χ0v) is 34.6. The molecule has 59 heavy (non-hydrogen) atoms. The lowest BCUT2D eigenvalue weighted by Crippen LogP contribution is -2.35. The van der Waals surface area contributed by atoms with Crippen molar-refractivity contribution >= 4 is 46.6 Å². The first-order chi connectivity index (χ1) is 29.0. The maximum atomic E-state index is 14.2. The van der Waals surface area contributed by atoms with Crippen molar-refractivity contribution in [3.8, 4) is 32.0 Å². The quantitative estimate of drug-likeness (QED) is 0.121. The number of aliphatic imine (C=N–C) groups is 1. The van der Waals surface area contributed by atoms with Crippen molar-refractivity contribution in [3.05, 3.63) is 143 Å². The summed E-state index contributed by atoms with van der Waals surface area (Å²) >= 11 is 3.32. The highest BCUT2D eigenvalue weighted by molar-refractivity contribution is 7.15. The van der Waals surface area contributed by atoms with Crippen molar-refractivity contribution in [3.63, 3.8) is 0 Å². The molecule has 10 heteroatoms. The highest BCUT2D eigenvalue weighted by atomic mass is 32.1. The molecule has 4 heterocycles. The van der Waals surface area contributed by atoms with Crippen molar-refractivity contribution in [2.75, 3.05) is 13.1 Å². The molecule has 0 bridgehead atoms. The Kier molecular flexibility index (Phi) is 11.7. The monoisotopic (exact) mass is 817 g/mol. The number of hydrogen-bond donors (Lipinski definition) is 0. The average Bonchev–Trinajstić information content (AvgIpc) is 4.14. The van der Waals surface area contributed by atoms with Gasteiger partial charge in [-0.25, -0.2) is 15.0 Å². The zero-order chi connectivity index (χ0) is 40.1. The molecule has 3 fully saturated rings. The molecule has 3 aliphatic rings. The van der Waals surface area contributed by atoms with E-state index in [2.05, 4.69) is 53.5 Å². The number of nitrogens with zero attached hydrogens (tertiary/aromatic N) is 5. The molecule has 4 aromatic carbocycles. The van der Waals surface area contributed by atoms with Gasteiger partial charge in [0.25, 0.3) is 0 Å². The number of carbonyl (C=O) groups excluding carboxylic acids is 3. The molecule has 0 radical (unpaired) electrons. The van der Waals surface area contributed by atoms with Gasteiger partial charge in [-0.2, -0.15) is 0 Å². The fourth-order valence-corrected chi connectivity index (χ4v) is 11.0. The van der Waals surface area contributed by atoms with Gasteiger partial charge in [0.2, 0.25) is 17.7 Å². The summed E-state index contributed by atoms with van der Waals surface area (Å²) in [5.74, 6) is -0.613. The molecule has 1 unspecified atom stereocenters. The lowest BCUT2D eigenvalue weighted by Gasteiger charge is -2.26. The first-order valence-electron chi connectivity index (χ1n) is 20.9. The molecule has 3 atom stereocenters. The first-order valence-corrected chi connectivity index (χ1v) is 22.5. The van der Waals surface area contributed by atoms with Crippen LogP contribution >= 0.6 is 22.7 Å². The number of thiazole rings is 2. The molecule has 0 N–H and O–H groups in total. The predicted molar refractivity (Wildman–Crippen MR) is 236 cm³/mol. The van der Waals surface area contributed by atoms with E-state index in [9.17, 15) is 14.4 Å². The molecule has 1 saturated carbocycles. The fourth-order valence-electron chi connectivity index (χ4n) is 8.84. The molecule has 0 spiro atoms. The van der Waals surface area contributed by atoms with E-state index in [1.165, 1.54) is 0 Å². The van der Waals surface area contributed by atoms with E-state index in [1.54, 1.807) is 28.9 Å². The molecular weight excluding hydrogens is 771 g/mol. The van der Waals surface area contributed by atoms with Crippen LogP contribution in [0, 0.1) is 5.92 Å². The second-order valence-electron chi connectivity index (χ2n) is 15.9. The van der Waals surface area contributed by atoms with Crippen molar-refractivity contribution < 1.29 is 14.4 Å². The van der Waals surface area contributed by atoms with Gasteiger partial charge < -0.3 is 9.80 Å². The minimum absolute atomic E-state index is 0.0243. The van der Waals surface area contributed by atoms with E-state index >= 15 is 0 Å². The third-order valence-electron chi connectivity index (χ3n) is 12.1. The number of amides is 3. The Morgan fingerprint density at radius 3 is 1.71 bits per heavy atom. The van der Waals surface area contributed by atoms with E-state index in [1.807, 2.05) is 82.9 Å². The maximum absolute atomic E-state index is 14.2. The molecule has 9 rings (SSSR count). The third kappa shape index (κ3) is 8.61. The Labute approximate surface area is 353 Å². The summed E-state index contributed by atoms with van der Waals surface area (Å²) in [6.07, 6.45) is 13.5. The molecule has 298 valence electrons. The Bertz CT molecular complexity index is 2420. The smallest absolute Gasteiger partial charge is 0.248 e. The normalized spacial score (nSPS) is 18.8. The van der Waals surface area contributed by atoms with E-state index in [4.69, 9.17) is 9.97 Å². The zero-order valence-electron chi connectivity index (χ0n) is 33.0. The van der Waals surface area contributed by atoms with Crippen LogP contribution in [-0.4, -0.2) is 56.8 Å². The van der Waals surface area contributed by atoms with E-state index in [0.29, 0.717) is 13.0 Å². The number of likely N-dealkylation sites (tertiary alicyclic amines) is 2. The van der Waals surface area contributed by atoms with Gasteiger partial charge in [0.05, 0.1) is 34.2 Å². The summed E-state index contributed by atoms with van der Waals surface area (Å²) in [6, 6.07) is 36.8. The highest BCUT2D eigenvalue weighted by Gasteiger charge is 2.36. The highest BCUT2D eigenvalue weighted by Crippen LogP contribution is 2.41. The molecule has 6 aromatic rings. The molecule has 1 aliphatic carbocycles. The summed E-state index contributed by atoms with van der Waals surface area (Å²) in [5.41, 5.74) is 6.35. The second-order valence-corrected chi connectivity index (χ2v) is 18.0. The fraction of sp³-hybridized carbons (Fsp3) is 0.306. The average molecular weight is 818 g/mol. The van der Waals surface area contributed by atoms with Crippen molar-refractivity contribution in [2.24, 2.45) is 10.9 Å². The molecule has 2 aromatic heterocycles. The second kappa shape index (κ2) is 17.7. The molecular formula is C49H47N5O3S2. The summed E-state index contributed by atoms with van der Waals surface area (Å²) < 4.78 is 0. The van der Waals surface area contributed by atoms with Crippen LogP contribution in [0.4, 0.5) is 0 Å². The molecule has 3 amide bonds. The van der Waals surface area contributed by atoms with Gasteiger partial charge in [-0.05, 0) is 71.9 Å². The summed E-state index contributed by atoms with van der Waals surface area (Å²) in [5, 5.41) is 1.94. The topological polar surface area (TPSA) is 95.8 Å². The number of benzene rings is 4. The van der Waals surface area contributed by atoms with Crippen LogP contribution in [0.5, 0.6) is 0 Å². The standard InChI is InChI=1S/C49H47N5O3S2/c55-45(29-33-11-3-1-4-12-33)53-27-9-17-41(53)47-51-31-43(58-47)37-23-19-34(20-24-37)35-21-25-38(26-22-35)44-32-52-48(59-44)42-18-10-28-54(42)49(57)40(36-13-5-2-6-14-36)30-50-46(56)39-15-7-8-16-39/h1-6,11-14,19-26,30-32,39-42H,7-10,15-18,27-29H2/t40?,41-,42-/m0/s1. The minimum Gasteiger partial charge on any atom is -0.333 e.